The largest absolute Gasteiger partial charge is 0.365 e. The normalized spacial score (nSPS) is 20.1. The highest BCUT2D eigenvalue weighted by Crippen LogP contribution is 2.26. The van der Waals surface area contributed by atoms with Gasteiger partial charge in [0.05, 0.1) is 0 Å². The number of rotatable bonds is 3. The highest BCUT2D eigenvalue weighted by atomic mass is 15.1. The molecule has 3 N–H and O–H groups in total. The van der Waals surface area contributed by atoms with Crippen LogP contribution in [0.4, 0.5) is 0 Å². The molecule has 0 radical (unpaired) electrons. The van der Waals surface area contributed by atoms with Gasteiger partial charge in [-0.3, -0.25) is 0 Å². The molecule has 0 aliphatic carbocycles. The number of nitrogens with one attached hydrogen (secondary N) is 1. The second-order valence-corrected chi connectivity index (χ2v) is 4.03. The third kappa shape index (κ3) is 2.16. The zero-order valence-corrected chi connectivity index (χ0v) is 8.58. The second-order valence-electron chi connectivity index (χ2n) is 4.03. The van der Waals surface area contributed by atoms with E-state index in [1.165, 1.54) is 31.6 Å². The Morgan fingerprint density at radius 2 is 2.21 bits per heavy atom. The molecule has 0 amide bonds. The average Bonchev–Trinajstić information content (AvgIpc) is 2.72. The maximum Gasteiger partial charge on any atom is 0.0179 e. The summed E-state index contributed by atoms with van der Waals surface area (Å²) in [4.78, 5) is 5.77. The molecule has 1 aliphatic heterocycles. The number of nitrogens with two attached hydrogens (primary N) is 1. The first-order chi connectivity index (χ1) is 6.90. The fraction of sp³-hybridized carbons (Fsp3) is 0.636. The van der Waals surface area contributed by atoms with Crippen molar-refractivity contribution < 1.29 is 0 Å². The molecule has 0 spiro atoms. The standard InChI is InChI=1S/C11H19N3/c12-5-9-14-7-3-10(4-8-14)11-2-1-6-13-11/h1-2,6,10,13H,3-5,7-9,12H2. The van der Waals surface area contributed by atoms with Crippen molar-refractivity contribution in [3.63, 3.8) is 0 Å². The van der Waals surface area contributed by atoms with Gasteiger partial charge in [-0.15, -0.1) is 0 Å². The predicted octanol–water partition coefficient (Wildman–Crippen LogP) is 1.15. The lowest BCUT2D eigenvalue weighted by Crippen LogP contribution is -2.36. The summed E-state index contributed by atoms with van der Waals surface area (Å²) in [6.07, 6.45) is 4.54. The fourth-order valence-electron chi connectivity index (χ4n) is 2.25. The molecular weight excluding hydrogens is 174 g/mol. The lowest BCUT2D eigenvalue weighted by Gasteiger charge is -2.31. The first-order valence-corrected chi connectivity index (χ1v) is 5.46. The van der Waals surface area contributed by atoms with Gasteiger partial charge in [0.2, 0.25) is 0 Å². The third-order valence-corrected chi connectivity index (χ3v) is 3.09. The maximum absolute atomic E-state index is 5.54. The molecule has 2 heterocycles. The van der Waals surface area contributed by atoms with Crippen LogP contribution in [-0.2, 0) is 0 Å². The zero-order chi connectivity index (χ0) is 9.80. The number of piperidine rings is 1. The van der Waals surface area contributed by atoms with Crippen LogP contribution >= 0.6 is 0 Å². The maximum atomic E-state index is 5.54. The van der Waals surface area contributed by atoms with Crippen LogP contribution in [0.1, 0.15) is 24.5 Å². The summed E-state index contributed by atoms with van der Waals surface area (Å²) >= 11 is 0. The molecule has 78 valence electrons. The average molecular weight is 193 g/mol. The van der Waals surface area contributed by atoms with Crippen LogP contribution in [0.3, 0.4) is 0 Å². The Morgan fingerprint density at radius 3 is 2.79 bits per heavy atom. The van der Waals surface area contributed by atoms with Gasteiger partial charge in [0.1, 0.15) is 0 Å². The molecule has 0 saturated carbocycles. The molecule has 0 bridgehead atoms. The van der Waals surface area contributed by atoms with Crippen molar-refractivity contribution in [3.8, 4) is 0 Å². The van der Waals surface area contributed by atoms with E-state index in [4.69, 9.17) is 5.73 Å². The second kappa shape index (κ2) is 4.62. The van der Waals surface area contributed by atoms with Gasteiger partial charge in [0, 0.05) is 30.9 Å². The van der Waals surface area contributed by atoms with Crippen LogP contribution in [0.2, 0.25) is 0 Å². The number of H-pyrrole nitrogens is 1. The molecule has 1 aromatic heterocycles. The van der Waals surface area contributed by atoms with Gasteiger partial charge < -0.3 is 15.6 Å². The van der Waals surface area contributed by atoms with Crippen LogP contribution < -0.4 is 5.73 Å². The van der Waals surface area contributed by atoms with Crippen LogP contribution in [0.15, 0.2) is 18.3 Å². The van der Waals surface area contributed by atoms with Crippen molar-refractivity contribution in [2.75, 3.05) is 26.2 Å². The minimum absolute atomic E-state index is 0.735. The van der Waals surface area contributed by atoms with Gasteiger partial charge in [-0.2, -0.15) is 0 Å². The highest BCUT2D eigenvalue weighted by molar-refractivity contribution is 5.10. The molecule has 3 heteroatoms. The van der Waals surface area contributed by atoms with E-state index in [1.54, 1.807) is 0 Å². The third-order valence-electron chi connectivity index (χ3n) is 3.09. The summed E-state index contributed by atoms with van der Waals surface area (Å²) in [6.45, 7) is 4.23. The molecule has 2 rings (SSSR count). The number of aromatic amines is 1. The summed E-state index contributed by atoms with van der Waals surface area (Å²) in [5.74, 6) is 0.735. The van der Waals surface area contributed by atoms with Gasteiger partial charge in [-0.25, -0.2) is 0 Å². The van der Waals surface area contributed by atoms with E-state index in [0.29, 0.717) is 0 Å². The van der Waals surface area contributed by atoms with Crippen LogP contribution in [0.25, 0.3) is 0 Å². The molecule has 1 fully saturated rings. The van der Waals surface area contributed by atoms with Crippen LogP contribution in [0.5, 0.6) is 0 Å². The van der Waals surface area contributed by atoms with E-state index in [-0.39, 0.29) is 0 Å². The molecule has 1 saturated heterocycles. The number of aromatic nitrogens is 1. The van der Waals surface area contributed by atoms with Crippen LogP contribution in [-0.4, -0.2) is 36.1 Å². The Labute approximate surface area is 85.3 Å². The molecule has 14 heavy (non-hydrogen) atoms. The van der Waals surface area contributed by atoms with Gasteiger partial charge >= 0.3 is 0 Å². The van der Waals surface area contributed by atoms with Crippen LogP contribution in [0, 0.1) is 0 Å². The van der Waals surface area contributed by atoms with Crippen molar-refractivity contribution in [2.24, 2.45) is 5.73 Å². The van der Waals surface area contributed by atoms with Crippen molar-refractivity contribution in [1.29, 1.82) is 0 Å². The molecule has 0 aromatic carbocycles. The van der Waals surface area contributed by atoms with E-state index < -0.39 is 0 Å². The molecule has 0 atom stereocenters. The summed E-state index contributed by atoms with van der Waals surface area (Å²) < 4.78 is 0. The van der Waals surface area contributed by atoms with Gasteiger partial charge in [-0.05, 0) is 38.1 Å². The predicted molar refractivity (Wildman–Crippen MR) is 58.3 cm³/mol. The Hall–Kier alpha value is -0.800. The molecular formula is C11H19N3. The molecule has 1 aliphatic rings. The number of likely N-dealkylation sites (tertiary alicyclic amines) is 1. The van der Waals surface area contributed by atoms with Gasteiger partial charge in [0.15, 0.2) is 0 Å². The lowest BCUT2D eigenvalue weighted by atomic mass is 9.94. The molecule has 3 nitrogen and oxygen atoms in total. The Kier molecular flexibility index (Phi) is 3.22. The highest BCUT2D eigenvalue weighted by Gasteiger charge is 2.20. The quantitative estimate of drug-likeness (QED) is 0.756. The first kappa shape index (κ1) is 9.74. The van der Waals surface area contributed by atoms with E-state index in [0.717, 1.165) is 19.0 Å². The Balaban J connectivity index is 1.84. The summed E-state index contributed by atoms with van der Waals surface area (Å²) in [5.41, 5.74) is 6.94. The molecule has 1 aromatic rings. The molecule has 0 unspecified atom stereocenters. The van der Waals surface area contributed by atoms with Crippen molar-refractivity contribution in [3.05, 3.63) is 24.0 Å². The summed E-state index contributed by atoms with van der Waals surface area (Å²) in [6, 6.07) is 4.28. The van der Waals surface area contributed by atoms with E-state index in [9.17, 15) is 0 Å². The van der Waals surface area contributed by atoms with Gasteiger partial charge in [-0.1, -0.05) is 0 Å². The Morgan fingerprint density at radius 1 is 1.43 bits per heavy atom. The lowest BCUT2D eigenvalue weighted by molar-refractivity contribution is 0.216. The topological polar surface area (TPSA) is 45.0 Å². The number of hydrogen-bond donors (Lipinski definition) is 2. The van der Waals surface area contributed by atoms with Crippen molar-refractivity contribution >= 4 is 0 Å². The minimum Gasteiger partial charge on any atom is -0.365 e. The SMILES string of the molecule is NCCN1CCC(c2ccc[nH]2)CC1. The number of hydrogen-bond acceptors (Lipinski definition) is 2. The van der Waals surface area contributed by atoms with E-state index >= 15 is 0 Å². The number of nitrogens with zero attached hydrogens (tertiary/aromatic N) is 1. The minimum atomic E-state index is 0.735. The zero-order valence-electron chi connectivity index (χ0n) is 8.58. The monoisotopic (exact) mass is 193 g/mol. The summed E-state index contributed by atoms with van der Waals surface area (Å²) in [5, 5.41) is 0. The van der Waals surface area contributed by atoms with E-state index in [1.807, 2.05) is 6.20 Å². The first-order valence-electron chi connectivity index (χ1n) is 5.46. The smallest absolute Gasteiger partial charge is 0.0179 e. The van der Waals surface area contributed by atoms with Crippen molar-refractivity contribution in [1.82, 2.24) is 9.88 Å². The summed E-state index contributed by atoms with van der Waals surface area (Å²) in [7, 11) is 0. The van der Waals surface area contributed by atoms with E-state index in [2.05, 4.69) is 22.0 Å². The van der Waals surface area contributed by atoms with Crippen molar-refractivity contribution in [2.45, 2.75) is 18.8 Å². The van der Waals surface area contributed by atoms with Gasteiger partial charge in [0.25, 0.3) is 0 Å². The fourth-order valence-corrected chi connectivity index (χ4v) is 2.25. The Bertz CT molecular complexity index is 248.